The van der Waals surface area contributed by atoms with Gasteiger partial charge in [0.15, 0.2) is 18.9 Å². The number of aliphatic hydroxyl groups excluding tert-OH is 9. The van der Waals surface area contributed by atoms with E-state index in [1.54, 1.807) is 6.92 Å². The van der Waals surface area contributed by atoms with Gasteiger partial charge in [-0.3, -0.25) is 9.59 Å². The quantitative estimate of drug-likeness (QED) is 0.107. The van der Waals surface area contributed by atoms with Crippen molar-refractivity contribution in [3.63, 3.8) is 0 Å². The lowest BCUT2D eigenvalue weighted by molar-refractivity contribution is -0.397. The number of fused-ring (bicyclic) bond motifs is 7. The summed E-state index contributed by atoms with van der Waals surface area (Å²) in [5, 5.41) is 118. The first-order valence-electron chi connectivity index (χ1n) is 24.3. The first-order chi connectivity index (χ1) is 31.3. The fraction of sp³-hybridized carbons (Fsp3) is 0.917. The molecule has 4 saturated carbocycles. The molecule has 8 aliphatic rings. The Kier molecular flexibility index (Phi) is 13.8. The van der Waals surface area contributed by atoms with Crippen LogP contribution >= 0.6 is 0 Å². The highest BCUT2D eigenvalue weighted by atomic mass is 16.8. The van der Waals surface area contributed by atoms with Crippen LogP contribution in [0.3, 0.4) is 0 Å². The lowest BCUT2D eigenvalue weighted by atomic mass is 9.33. The number of hydrogen-bond donors (Lipinski definition) is 11. The Morgan fingerprint density at radius 1 is 0.627 bits per heavy atom. The van der Waals surface area contributed by atoms with Gasteiger partial charge in [0, 0.05) is 0 Å². The van der Waals surface area contributed by atoms with Crippen molar-refractivity contribution in [3.05, 3.63) is 11.6 Å². The van der Waals surface area contributed by atoms with Crippen molar-refractivity contribution in [3.8, 4) is 0 Å². The van der Waals surface area contributed by atoms with Crippen molar-refractivity contribution in [2.75, 3.05) is 13.2 Å². The van der Waals surface area contributed by atoms with E-state index in [4.69, 9.17) is 28.4 Å². The Bertz CT molecular complexity index is 1880. The number of allylic oxidation sites excluding steroid dienone is 2. The summed E-state index contributed by atoms with van der Waals surface area (Å²) in [5.41, 5.74) is -2.27. The lowest BCUT2D eigenvalue weighted by Crippen LogP contribution is -2.67. The van der Waals surface area contributed by atoms with E-state index in [9.17, 15) is 65.8 Å². The zero-order valence-corrected chi connectivity index (χ0v) is 39.7. The molecule has 382 valence electrons. The van der Waals surface area contributed by atoms with E-state index < -0.39 is 140 Å². The average molecular weight is 957 g/mol. The third kappa shape index (κ3) is 7.88. The molecule has 0 amide bonds. The number of carboxylic acid groups (broad SMARTS) is 2. The summed E-state index contributed by atoms with van der Waals surface area (Å²) in [4.78, 5) is 25.8. The van der Waals surface area contributed by atoms with Gasteiger partial charge in [-0.2, -0.15) is 0 Å². The maximum Gasteiger partial charge on any atom is 0.310 e. The zero-order valence-electron chi connectivity index (χ0n) is 39.7. The highest BCUT2D eigenvalue weighted by Crippen LogP contribution is 2.76. The van der Waals surface area contributed by atoms with Crippen LogP contribution in [0.1, 0.15) is 113 Å². The third-order valence-electron chi connectivity index (χ3n) is 19.6. The minimum atomic E-state index is -1.86. The van der Waals surface area contributed by atoms with Gasteiger partial charge >= 0.3 is 11.9 Å². The van der Waals surface area contributed by atoms with Gasteiger partial charge in [-0.05, 0) is 117 Å². The molecule has 0 aromatic heterocycles. The molecule has 19 heteroatoms. The maximum absolute atomic E-state index is 13.2. The largest absolute Gasteiger partial charge is 0.481 e. The highest BCUT2D eigenvalue weighted by Gasteiger charge is 2.70. The molecule has 3 heterocycles. The summed E-state index contributed by atoms with van der Waals surface area (Å²) >= 11 is 0. The molecular weight excluding hydrogens is 881 g/mol. The third-order valence-corrected chi connectivity index (χ3v) is 19.6. The van der Waals surface area contributed by atoms with Crippen LogP contribution in [-0.2, 0) is 38.0 Å². The molecule has 5 aliphatic carbocycles. The molecule has 0 unspecified atom stereocenters. The van der Waals surface area contributed by atoms with E-state index in [0.29, 0.717) is 32.1 Å². The van der Waals surface area contributed by atoms with Crippen LogP contribution in [0.15, 0.2) is 11.6 Å². The highest BCUT2D eigenvalue weighted by molar-refractivity contribution is 5.79. The molecule has 19 nitrogen and oxygen atoms in total. The predicted molar refractivity (Wildman–Crippen MR) is 231 cm³/mol. The van der Waals surface area contributed by atoms with Gasteiger partial charge in [0.1, 0.15) is 67.1 Å². The Morgan fingerprint density at radius 2 is 1.19 bits per heavy atom. The summed E-state index contributed by atoms with van der Waals surface area (Å²) in [6, 6.07) is 0. The topological polar surface area (TPSA) is 312 Å². The Labute approximate surface area is 391 Å². The van der Waals surface area contributed by atoms with Crippen LogP contribution in [0.2, 0.25) is 0 Å². The Hall–Kier alpha value is -1.92. The van der Waals surface area contributed by atoms with Crippen molar-refractivity contribution < 1.29 is 94.2 Å². The van der Waals surface area contributed by atoms with Crippen LogP contribution in [0.5, 0.6) is 0 Å². The maximum atomic E-state index is 13.2. The van der Waals surface area contributed by atoms with Crippen molar-refractivity contribution in [2.45, 2.75) is 211 Å². The first kappa shape index (κ1) is 51.4. The number of rotatable bonds is 10. The number of aliphatic hydroxyl groups is 9. The van der Waals surface area contributed by atoms with E-state index in [1.807, 2.05) is 0 Å². The second-order valence-corrected chi connectivity index (χ2v) is 23.2. The second-order valence-electron chi connectivity index (χ2n) is 23.2. The van der Waals surface area contributed by atoms with Crippen molar-refractivity contribution >= 4 is 11.9 Å². The van der Waals surface area contributed by atoms with Gasteiger partial charge in [0.2, 0.25) is 0 Å². The molecule has 7 fully saturated rings. The molecule has 3 aliphatic heterocycles. The van der Waals surface area contributed by atoms with Crippen LogP contribution in [0.4, 0.5) is 0 Å². The molecule has 0 spiro atoms. The number of carbonyl (C=O) groups is 2. The minimum Gasteiger partial charge on any atom is -0.481 e. The summed E-state index contributed by atoms with van der Waals surface area (Å²) in [6.45, 7) is 13.0. The monoisotopic (exact) mass is 956 g/mol. The van der Waals surface area contributed by atoms with Gasteiger partial charge in [0.25, 0.3) is 0 Å². The summed E-state index contributed by atoms with van der Waals surface area (Å²) in [6.07, 6.45) is -16.6. The molecule has 11 N–H and O–H groups in total. The van der Waals surface area contributed by atoms with Crippen LogP contribution < -0.4 is 0 Å². The fourth-order valence-electron chi connectivity index (χ4n) is 15.1. The molecule has 24 atom stereocenters. The average Bonchev–Trinajstić information content (AvgIpc) is 3.27. The molecule has 0 aromatic carbocycles. The van der Waals surface area contributed by atoms with Gasteiger partial charge in [0.05, 0.1) is 36.3 Å². The molecule has 0 aromatic rings. The standard InChI is InChI=1S/C48H76O19/c1-21-29(51)32(54)35(57)38(62-21)66-37-34(56)31(53)25(20-50)64-40(37)67-36-33(55)30(52)24(19-49)63-39(36)65-28-11-12-45(5)26(43(28,2)3)10-13-47(7)27(45)9-8-22-23-18-44(4,41(58)59)14-16-48(23,42(60)61)17-15-46(22,47)6/h8,21,23-40,49-57H,9-20H2,1-7H3,(H,58,59)(H,60,61)/t21-,23+,24+,25+,26-,27+,28-,29-,30+,31+,32+,33-,34-,35+,36+,37+,38-,39-,40-,44-,45-,46+,47+,48-/m0/s1. The SMILES string of the molecule is C[C@@H]1O[C@@H](O[C@H]2[C@H](O[C@H]3[C@H](O[C@H]4CC[C@]5(C)[C@H]6CC=C7[C@H]8C[C@@](C)(C(=O)O)CC[C@]8(C(=O)O)CC[C@@]7(C)[C@]6(C)CC[C@H]5C4(C)C)O[C@H](CO)[C@@H](O)[C@@H]3O)O[C@H](CO)[C@@H](O)[C@@H]2O)[C@H](O)[C@H](O)[C@H]1O. The summed E-state index contributed by atoms with van der Waals surface area (Å²) in [5.74, 6) is -1.83. The van der Waals surface area contributed by atoms with E-state index in [-0.39, 0.29) is 40.4 Å². The van der Waals surface area contributed by atoms with Gasteiger partial charge in [-0.15, -0.1) is 0 Å². The van der Waals surface area contributed by atoms with E-state index in [2.05, 4.69) is 40.7 Å². The molecule has 0 bridgehead atoms. The Balaban J connectivity index is 1.06. The van der Waals surface area contributed by atoms with Crippen molar-refractivity contribution in [1.29, 1.82) is 0 Å². The zero-order chi connectivity index (χ0) is 49.1. The number of aliphatic carboxylic acids is 2. The second kappa shape index (κ2) is 18.0. The molecule has 8 rings (SSSR count). The summed E-state index contributed by atoms with van der Waals surface area (Å²) < 4.78 is 36.7. The van der Waals surface area contributed by atoms with Gasteiger partial charge in [-0.1, -0.05) is 46.3 Å². The molecule has 3 saturated heterocycles. The van der Waals surface area contributed by atoms with E-state index in [1.165, 1.54) is 6.92 Å². The van der Waals surface area contributed by atoms with Crippen LogP contribution in [0, 0.1) is 50.2 Å². The minimum absolute atomic E-state index is 0.0914. The molecular formula is C48H76O19. The fourth-order valence-corrected chi connectivity index (χ4v) is 15.1. The molecule has 0 radical (unpaired) electrons. The van der Waals surface area contributed by atoms with E-state index in [0.717, 1.165) is 31.3 Å². The number of ether oxygens (including phenoxy) is 6. The predicted octanol–water partition coefficient (Wildman–Crippen LogP) is 0.799. The lowest BCUT2D eigenvalue weighted by Gasteiger charge is -2.71. The first-order valence-corrected chi connectivity index (χ1v) is 24.3. The molecule has 67 heavy (non-hydrogen) atoms. The van der Waals surface area contributed by atoms with Crippen molar-refractivity contribution in [1.82, 2.24) is 0 Å². The van der Waals surface area contributed by atoms with Gasteiger partial charge in [-0.25, -0.2) is 0 Å². The van der Waals surface area contributed by atoms with Crippen LogP contribution in [-0.4, -0.2) is 180 Å². The number of carboxylic acids is 2. The van der Waals surface area contributed by atoms with Crippen molar-refractivity contribution in [2.24, 2.45) is 50.2 Å². The Morgan fingerprint density at radius 3 is 1.76 bits per heavy atom. The smallest absolute Gasteiger partial charge is 0.310 e. The summed E-state index contributed by atoms with van der Waals surface area (Å²) in [7, 11) is 0. The van der Waals surface area contributed by atoms with Crippen LogP contribution in [0.25, 0.3) is 0 Å². The van der Waals surface area contributed by atoms with Gasteiger partial charge < -0.3 is 84.6 Å². The number of hydrogen-bond acceptors (Lipinski definition) is 17. The van der Waals surface area contributed by atoms with E-state index >= 15 is 0 Å². The normalized spacial score (nSPS) is 54.1.